The SMILES string of the molecule is Cc1ccc(NC(=O)CSC(C)C(=O)NC2(c3ccc(F)cc3)CCCC2)cc1. The zero-order valence-electron chi connectivity index (χ0n) is 16.8. The van der Waals surface area contributed by atoms with Gasteiger partial charge in [0.05, 0.1) is 16.5 Å². The molecule has 0 heterocycles. The summed E-state index contributed by atoms with van der Waals surface area (Å²) in [5.41, 5.74) is 2.38. The first kappa shape index (κ1) is 21.4. The van der Waals surface area contributed by atoms with Gasteiger partial charge in [-0.25, -0.2) is 4.39 Å². The van der Waals surface area contributed by atoms with Crippen molar-refractivity contribution in [3.05, 3.63) is 65.5 Å². The van der Waals surface area contributed by atoms with E-state index < -0.39 is 5.54 Å². The van der Waals surface area contributed by atoms with Gasteiger partial charge in [0.15, 0.2) is 0 Å². The van der Waals surface area contributed by atoms with E-state index in [-0.39, 0.29) is 28.6 Å². The maximum Gasteiger partial charge on any atom is 0.234 e. The molecule has 1 unspecified atom stereocenters. The Morgan fingerprint density at radius 2 is 1.69 bits per heavy atom. The van der Waals surface area contributed by atoms with Crippen molar-refractivity contribution in [1.82, 2.24) is 5.32 Å². The third-order valence-electron chi connectivity index (χ3n) is 5.39. The van der Waals surface area contributed by atoms with Crippen molar-refractivity contribution in [2.45, 2.75) is 50.3 Å². The second-order valence-electron chi connectivity index (χ2n) is 7.65. The number of thioether (sulfide) groups is 1. The summed E-state index contributed by atoms with van der Waals surface area (Å²) in [6.45, 7) is 3.80. The molecule has 4 nitrogen and oxygen atoms in total. The maximum absolute atomic E-state index is 13.3. The molecule has 1 atom stereocenters. The Morgan fingerprint density at radius 1 is 1.07 bits per heavy atom. The Hall–Kier alpha value is -2.34. The van der Waals surface area contributed by atoms with Crippen LogP contribution in [0.2, 0.25) is 0 Å². The average molecular weight is 415 g/mol. The zero-order valence-corrected chi connectivity index (χ0v) is 17.7. The van der Waals surface area contributed by atoms with E-state index in [0.29, 0.717) is 0 Å². The van der Waals surface area contributed by atoms with Crippen molar-refractivity contribution in [2.24, 2.45) is 0 Å². The molecule has 1 aliphatic rings. The number of hydrogen-bond acceptors (Lipinski definition) is 3. The number of anilines is 1. The summed E-state index contributed by atoms with van der Waals surface area (Å²) in [5.74, 6) is -0.305. The van der Waals surface area contributed by atoms with Crippen LogP contribution >= 0.6 is 11.8 Å². The van der Waals surface area contributed by atoms with E-state index in [1.165, 1.54) is 23.9 Å². The van der Waals surface area contributed by atoms with Crippen molar-refractivity contribution in [2.75, 3.05) is 11.1 Å². The van der Waals surface area contributed by atoms with Gasteiger partial charge in [0.2, 0.25) is 11.8 Å². The first-order valence-corrected chi connectivity index (χ1v) is 11.0. The molecule has 1 saturated carbocycles. The van der Waals surface area contributed by atoms with E-state index in [0.717, 1.165) is 42.5 Å². The molecule has 154 valence electrons. The summed E-state index contributed by atoms with van der Waals surface area (Å²) in [6, 6.07) is 14.0. The Balaban J connectivity index is 1.55. The highest BCUT2D eigenvalue weighted by molar-refractivity contribution is 8.01. The minimum absolute atomic E-state index is 0.0932. The fourth-order valence-electron chi connectivity index (χ4n) is 3.68. The van der Waals surface area contributed by atoms with Gasteiger partial charge in [-0.3, -0.25) is 9.59 Å². The molecular weight excluding hydrogens is 387 g/mol. The van der Waals surface area contributed by atoms with Crippen LogP contribution in [0.3, 0.4) is 0 Å². The van der Waals surface area contributed by atoms with Crippen LogP contribution in [0.1, 0.15) is 43.7 Å². The van der Waals surface area contributed by atoms with Crippen LogP contribution in [-0.2, 0) is 15.1 Å². The van der Waals surface area contributed by atoms with Gasteiger partial charge in [0, 0.05) is 5.69 Å². The van der Waals surface area contributed by atoms with E-state index in [9.17, 15) is 14.0 Å². The van der Waals surface area contributed by atoms with E-state index in [1.807, 2.05) is 38.1 Å². The van der Waals surface area contributed by atoms with Gasteiger partial charge in [0.25, 0.3) is 0 Å². The summed E-state index contributed by atoms with van der Waals surface area (Å²) in [6.07, 6.45) is 3.74. The number of nitrogens with one attached hydrogen (secondary N) is 2. The van der Waals surface area contributed by atoms with Crippen LogP contribution in [-0.4, -0.2) is 22.8 Å². The van der Waals surface area contributed by atoms with Gasteiger partial charge in [-0.05, 0) is 56.5 Å². The lowest BCUT2D eigenvalue weighted by atomic mass is 9.88. The lowest BCUT2D eigenvalue weighted by Crippen LogP contribution is -2.47. The van der Waals surface area contributed by atoms with Gasteiger partial charge < -0.3 is 10.6 Å². The van der Waals surface area contributed by atoms with Crippen molar-refractivity contribution < 1.29 is 14.0 Å². The Morgan fingerprint density at radius 3 is 2.31 bits per heavy atom. The van der Waals surface area contributed by atoms with E-state index in [2.05, 4.69) is 10.6 Å². The Bertz CT molecular complexity index is 846. The molecule has 2 N–H and O–H groups in total. The van der Waals surface area contributed by atoms with Gasteiger partial charge in [0.1, 0.15) is 5.82 Å². The van der Waals surface area contributed by atoms with Crippen LogP contribution in [0, 0.1) is 12.7 Å². The zero-order chi connectivity index (χ0) is 20.9. The summed E-state index contributed by atoms with van der Waals surface area (Å²) >= 11 is 1.31. The monoisotopic (exact) mass is 414 g/mol. The molecule has 1 fully saturated rings. The molecule has 0 radical (unpaired) electrons. The molecule has 0 bridgehead atoms. The number of carbonyl (C=O) groups excluding carboxylic acids is 2. The molecule has 29 heavy (non-hydrogen) atoms. The molecule has 2 amide bonds. The second-order valence-corrected chi connectivity index (χ2v) is 8.98. The third-order valence-corrected chi connectivity index (χ3v) is 6.53. The Kier molecular flexibility index (Phi) is 6.96. The largest absolute Gasteiger partial charge is 0.346 e. The summed E-state index contributed by atoms with van der Waals surface area (Å²) in [5, 5.41) is 5.68. The second kappa shape index (κ2) is 9.44. The molecule has 2 aromatic rings. The highest BCUT2D eigenvalue weighted by atomic mass is 32.2. The highest BCUT2D eigenvalue weighted by Gasteiger charge is 2.38. The van der Waals surface area contributed by atoms with Crippen LogP contribution in [0.15, 0.2) is 48.5 Å². The van der Waals surface area contributed by atoms with E-state index in [4.69, 9.17) is 0 Å². The smallest absolute Gasteiger partial charge is 0.234 e. The average Bonchev–Trinajstić information content (AvgIpc) is 3.18. The molecule has 0 spiro atoms. The number of carbonyl (C=O) groups is 2. The third kappa shape index (κ3) is 5.60. The number of halogens is 1. The molecule has 0 aromatic heterocycles. The lowest BCUT2D eigenvalue weighted by Gasteiger charge is -2.32. The number of aryl methyl sites for hydroxylation is 1. The molecule has 0 saturated heterocycles. The van der Waals surface area contributed by atoms with Crippen molar-refractivity contribution in [1.29, 1.82) is 0 Å². The first-order chi connectivity index (χ1) is 13.9. The number of benzene rings is 2. The minimum atomic E-state index is -0.441. The quantitative estimate of drug-likeness (QED) is 0.685. The van der Waals surface area contributed by atoms with Crippen molar-refractivity contribution >= 4 is 29.3 Å². The molecule has 2 aromatic carbocycles. The van der Waals surface area contributed by atoms with E-state index in [1.54, 1.807) is 12.1 Å². The van der Waals surface area contributed by atoms with Crippen LogP contribution in [0.5, 0.6) is 0 Å². The summed E-state index contributed by atoms with van der Waals surface area (Å²) < 4.78 is 13.3. The number of hydrogen-bond donors (Lipinski definition) is 2. The fraction of sp³-hybridized carbons (Fsp3) is 0.391. The highest BCUT2D eigenvalue weighted by Crippen LogP contribution is 2.39. The molecular formula is C23H27FN2O2S. The van der Waals surface area contributed by atoms with Gasteiger partial charge in [-0.1, -0.05) is 42.7 Å². The molecule has 6 heteroatoms. The predicted molar refractivity (Wildman–Crippen MR) is 116 cm³/mol. The topological polar surface area (TPSA) is 58.2 Å². The molecule has 0 aliphatic heterocycles. The van der Waals surface area contributed by atoms with Gasteiger partial charge >= 0.3 is 0 Å². The van der Waals surface area contributed by atoms with Crippen LogP contribution < -0.4 is 10.6 Å². The fourth-order valence-corrected chi connectivity index (χ4v) is 4.36. The number of rotatable bonds is 7. The standard InChI is InChI=1S/C23H27FN2O2S/c1-16-5-11-20(12-6-16)25-21(27)15-29-17(2)22(28)26-23(13-3-4-14-23)18-7-9-19(24)10-8-18/h5-12,17H,3-4,13-15H2,1-2H3,(H,25,27)(H,26,28). The normalized spacial score (nSPS) is 16.2. The first-order valence-electron chi connectivity index (χ1n) is 9.94. The van der Waals surface area contributed by atoms with Gasteiger partial charge in [-0.2, -0.15) is 0 Å². The van der Waals surface area contributed by atoms with E-state index >= 15 is 0 Å². The molecule has 1 aliphatic carbocycles. The van der Waals surface area contributed by atoms with Crippen molar-refractivity contribution in [3.63, 3.8) is 0 Å². The number of amides is 2. The van der Waals surface area contributed by atoms with Crippen LogP contribution in [0.4, 0.5) is 10.1 Å². The van der Waals surface area contributed by atoms with Crippen molar-refractivity contribution in [3.8, 4) is 0 Å². The predicted octanol–water partition coefficient (Wildman–Crippen LogP) is 4.78. The maximum atomic E-state index is 13.3. The summed E-state index contributed by atoms with van der Waals surface area (Å²) in [4.78, 5) is 25.0. The van der Waals surface area contributed by atoms with Gasteiger partial charge in [-0.15, -0.1) is 11.8 Å². The van der Waals surface area contributed by atoms with Crippen LogP contribution in [0.25, 0.3) is 0 Å². The lowest BCUT2D eigenvalue weighted by molar-refractivity contribution is -0.122. The Labute approximate surface area is 175 Å². The minimum Gasteiger partial charge on any atom is -0.346 e. The molecule has 3 rings (SSSR count). The summed E-state index contributed by atoms with van der Waals surface area (Å²) in [7, 11) is 0.